The molecule has 2 aromatic rings. The SMILES string of the molecule is CCN(C(=O)/C(CSCCC(F)(F)F)=N\OC)c1cn(-c2cncc(F)c2)nc1Cl. The number of amides is 1. The highest BCUT2D eigenvalue weighted by molar-refractivity contribution is 8.00. The molecule has 0 aromatic carbocycles. The normalized spacial score (nSPS) is 12.2. The maximum Gasteiger partial charge on any atom is 0.389 e. The zero-order valence-corrected chi connectivity index (χ0v) is 17.6. The highest BCUT2D eigenvalue weighted by Crippen LogP contribution is 2.27. The molecular weight excluding hydrogens is 450 g/mol. The summed E-state index contributed by atoms with van der Waals surface area (Å²) in [6.45, 7) is 1.85. The van der Waals surface area contributed by atoms with Crippen LogP contribution in [0.3, 0.4) is 0 Å². The van der Waals surface area contributed by atoms with Crippen molar-refractivity contribution in [3.05, 3.63) is 35.6 Å². The lowest BCUT2D eigenvalue weighted by atomic mass is 10.3. The number of halogens is 5. The summed E-state index contributed by atoms with van der Waals surface area (Å²) in [6.07, 6.45) is -1.45. The number of anilines is 1. The molecule has 0 spiro atoms. The number of carbonyl (C=O) groups excluding carboxylic acids is 1. The molecule has 0 fully saturated rings. The maximum atomic E-state index is 13.4. The van der Waals surface area contributed by atoms with E-state index in [9.17, 15) is 22.4 Å². The van der Waals surface area contributed by atoms with E-state index >= 15 is 0 Å². The molecule has 0 bridgehead atoms. The molecule has 0 unspecified atom stereocenters. The highest BCUT2D eigenvalue weighted by atomic mass is 35.5. The molecule has 0 aliphatic rings. The predicted octanol–water partition coefficient (Wildman–Crippen LogP) is 4.10. The molecule has 0 aliphatic carbocycles. The van der Waals surface area contributed by atoms with Crippen molar-refractivity contribution in [1.29, 1.82) is 0 Å². The van der Waals surface area contributed by atoms with Gasteiger partial charge in [-0.15, -0.1) is 0 Å². The number of oxime groups is 1. The van der Waals surface area contributed by atoms with Gasteiger partial charge in [0.25, 0.3) is 5.91 Å². The van der Waals surface area contributed by atoms with Crippen molar-refractivity contribution in [2.45, 2.75) is 19.5 Å². The van der Waals surface area contributed by atoms with E-state index in [2.05, 4.69) is 20.1 Å². The predicted molar refractivity (Wildman–Crippen MR) is 107 cm³/mol. The first-order valence-corrected chi connectivity index (χ1v) is 10.1. The molecule has 0 aliphatic heterocycles. The Morgan fingerprint density at radius 1 is 1.40 bits per heavy atom. The van der Waals surface area contributed by atoms with Crippen LogP contribution in [0, 0.1) is 5.82 Å². The van der Waals surface area contributed by atoms with Gasteiger partial charge >= 0.3 is 6.18 Å². The fraction of sp³-hybridized carbons (Fsp3) is 0.412. The number of hydrogen-bond donors (Lipinski definition) is 0. The Bertz CT molecular complexity index is 907. The maximum absolute atomic E-state index is 13.4. The van der Waals surface area contributed by atoms with Crippen LogP contribution in [0.1, 0.15) is 13.3 Å². The van der Waals surface area contributed by atoms with Gasteiger partial charge in [-0.3, -0.25) is 9.78 Å². The fourth-order valence-corrected chi connectivity index (χ4v) is 3.48. The van der Waals surface area contributed by atoms with Gasteiger partial charge in [0.1, 0.15) is 18.6 Å². The zero-order chi connectivity index (χ0) is 22.3. The number of aromatic nitrogens is 3. The van der Waals surface area contributed by atoms with Crippen LogP contribution in [0.4, 0.5) is 23.2 Å². The van der Waals surface area contributed by atoms with Gasteiger partial charge in [0.05, 0.1) is 30.7 Å². The van der Waals surface area contributed by atoms with Crippen LogP contribution in [0.2, 0.25) is 5.15 Å². The molecule has 0 saturated heterocycles. The average Bonchev–Trinajstić information content (AvgIpc) is 3.05. The quantitative estimate of drug-likeness (QED) is 0.240. The van der Waals surface area contributed by atoms with Gasteiger partial charge in [-0.1, -0.05) is 16.8 Å². The number of nitrogens with zero attached hydrogens (tertiary/aromatic N) is 5. The molecule has 0 atom stereocenters. The number of pyridine rings is 1. The van der Waals surface area contributed by atoms with E-state index in [-0.39, 0.29) is 34.6 Å². The van der Waals surface area contributed by atoms with E-state index in [4.69, 9.17) is 11.6 Å². The van der Waals surface area contributed by atoms with Crippen molar-refractivity contribution in [3.8, 4) is 5.69 Å². The number of alkyl halides is 3. The van der Waals surface area contributed by atoms with Crippen LogP contribution in [0.25, 0.3) is 5.69 Å². The van der Waals surface area contributed by atoms with Gasteiger partial charge in [0.2, 0.25) is 0 Å². The topological polar surface area (TPSA) is 72.6 Å². The third-order valence-corrected chi connectivity index (χ3v) is 4.92. The largest absolute Gasteiger partial charge is 0.399 e. The summed E-state index contributed by atoms with van der Waals surface area (Å²) in [5.74, 6) is -1.48. The van der Waals surface area contributed by atoms with Crippen LogP contribution < -0.4 is 4.90 Å². The Hall–Kier alpha value is -2.34. The van der Waals surface area contributed by atoms with E-state index in [1.807, 2.05) is 0 Å². The lowest BCUT2D eigenvalue weighted by Crippen LogP contribution is -2.37. The number of rotatable bonds is 9. The second-order valence-electron chi connectivity index (χ2n) is 5.80. The monoisotopic (exact) mass is 467 g/mol. The Labute approximate surface area is 179 Å². The van der Waals surface area contributed by atoms with Crippen LogP contribution >= 0.6 is 23.4 Å². The second kappa shape index (κ2) is 10.6. The van der Waals surface area contributed by atoms with E-state index < -0.39 is 24.3 Å². The van der Waals surface area contributed by atoms with Crippen LogP contribution in [-0.2, 0) is 9.63 Å². The summed E-state index contributed by atoms with van der Waals surface area (Å²) in [7, 11) is 1.23. The van der Waals surface area contributed by atoms with Crippen LogP contribution in [-0.4, -0.2) is 57.7 Å². The lowest BCUT2D eigenvalue weighted by Gasteiger charge is -2.20. The van der Waals surface area contributed by atoms with Crippen LogP contribution in [0.15, 0.2) is 29.8 Å². The van der Waals surface area contributed by atoms with Gasteiger partial charge in [-0.05, 0) is 6.92 Å². The Kier molecular flexibility index (Phi) is 8.47. The van der Waals surface area contributed by atoms with Gasteiger partial charge in [0, 0.05) is 24.1 Å². The lowest BCUT2D eigenvalue weighted by molar-refractivity contribution is -0.129. The minimum Gasteiger partial charge on any atom is -0.399 e. The highest BCUT2D eigenvalue weighted by Gasteiger charge is 2.28. The average molecular weight is 468 g/mol. The standard InChI is InChI=1S/C17H18ClF4N5O2S/c1-3-26(16(28)13(25-29-2)10-30-5-4-17(20,21)22)14-9-27(24-15(14)18)12-6-11(19)7-23-8-12/h6-9H,3-5,10H2,1-2H3/b25-13-. The molecule has 0 N–H and O–H groups in total. The number of hydrogen-bond acceptors (Lipinski definition) is 6. The molecule has 164 valence electrons. The van der Waals surface area contributed by atoms with E-state index in [1.54, 1.807) is 6.92 Å². The Balaban J connectivity index is 2.20. The van der Waals surface area contributed by atoms with Gasteiger partial charge in [-0.25, -0.2) is 9.07 Å². The third-order valence-electron chi connectivity index (χ3n) is 3.68. The first-order chi connectivity index (χ1) is 14.2. The van der Waals surface area contributed by atoms with E-state index in [0.29, 0.717) is 5.69 Å². The minimum atomic E-state index is -4.28. The Morgan fingerprint density at radius 2 is 2.13 bits per heavy atom. The molecule has 2 aromatic heterocycles. The molecule has 2 rings (SSSR count). The van der Waals surface area contributed by atoms with Gasteiger partial charge in [0.15, 0.2) is 10.9 Å². The first-order valence-electron chi connectivity index (χ1n) is 8.58. The first kappa shape index (κ1) is 23.9. The molecule has 7 nitrogen and oxygen atoms in total. The summed E-state index contributed by atoms with van der Waals surface area (Å²) >= 11 is 7.08. The van der Waals surface area contributed by atoms with Gasteiger partial charge in [-0.2, -0.15) is 30.0 Å². The van der Waals surface area contributed by atoms with E-state index in [1.165, 1.54) is 35.2 Å². The second-order valence-corrected chi connectivity index (χ2v) is 7.26. The smallest absolute Gasteiger partial charge is 0.389 e. The zero-order valence-electron chi connectivity index (χ0n) is 16.0. The summed E-state index contributed by atoms with van der Waals surface area (Å²) in [4.78, 5) is 22.6. The number of carbonyl (C=O) groups is 1. The summed E-state index contributed by atoms with van der Waals surface area (Å²) in [5.41, 5.74) is 0.431. The van der Waals surface area contributed by atoms with Crippen molar-refractivity contribution in [3.63, 3.8) is 0 Å². The summed E-state index contributed by atoms with van der Waals surface area (Å²) in [5, 5.41) is 7.68. The van der Waals surface area contributed by atoms with Crippen molar-refractivity contribution in [2.75, 3.05) is 30.1 Å². The van der Waals surface area contributed by atoms with Crippen molar-refractivity contribution < 1.29 is 27.2 Å². The molecule has 1 amide bonds. The molecule has 0 saturated carbocycles. The fourth-order valence-electron chi connectivity index (χ4n) is 2.36. The molecule has 0 radical (unpaired) electrons. The third kappa shape index (κ3) is 6.59. The molecule has 2 heterocycles. The van der Waals surface area contributed by atoms with Crippen molar-refractivity contribution in [1.82, 2.24) is 14.8 Å². The molecular formula is C17H18ClF4N5O2S. The summed E-state index contributed by atoms with van der Waals surface area (Å²) in [6, 6.07) is 1.19. The van der Waals surface area contributed by atoms with Crippen molar-refractivity contribution in [2.24, 2.45) is 5.16 Å². The van der Waals surface area contributed by atoms with E-state index in [0.717, 1.165) is 18.0 Å². The number of thioether (sulfide) groups is 1. The molecule has 13 heteroatoms. The summed E-state index contributed by atoms with van der Waals surface area (Å²) < 4.78 is 51.6. The minimum absolute atomic E-state index is 0.0315. The van der Waals surface area contributed by atoms with Crippen molar-refractivity contribution >= 4 is 40.7 Å². The van der Waals surface area contributed by atoms with Gasteiger partial charge < -0.3 is 9.74 Å². The molecule has 30 heavy (non-hydrogen) atoms. The van der Waals surface area contributed by atoms with Crippen LogP contribution in [0.5, 0.6) is 0 Å². The Morgan fingerprint density at radius 3 is 2.73 bits per heavy atom.